The first kappa shape index (κ1) is 15.1. The van der Waals surface area contributed by atoms with E-state index < -0.39 is 0 Å². The number of piperidine rings is 1. The number of rotatable bonds is 5. The van der Waals surface area contributed by atoms with Crippen LogP contribution in [0.25, 0.3) is 0 Å². The molecule has 0 radical (unpaired) electrons. The van der Waals surface area contributed by atoms with E-state index in [9.17, 15) is 5.11 Å². The summed E-state index contributed by atoms with van der Waals surface area (Å²) in [5, 5.41) is 9.32. The summed E-state index contributed by atoms with van der Waals surface area (Å²) in [5.41, 5.74) is 2.23. The molecule has 0 saturated carbocycles. The second kappa shape index (κ2) is 6.95. The zero-order valence-corrected chi connectivity index (χ0v) is 12.7. The number of methoxy groups -OCH3 is 2. The van der Waals surface area contributed by atoms with Crippen LogP contribution in [0.2, 0.25) is 0 Å². The van der Waals surface area contributed by atoms with Crippen LogP contribution >= 0.6 is 0 Å². The largest absolute Gasteiger partial charge is 0.496 e. The van der Waals surface area contributed by atoms with Gasteiger partial charge in [0.25, 0.3) is 0 Å². The molecule has 0 amide bonds. The van der Waals surface area contributed by atoms with Crippen LogP contribution in [0.4, 0.5) is 0 Å². The Labute approximate surface area is 121 Å². The number of aliphatic hydroxyl groups excluding tert-OH is 1. The van der Waals surface area contributed by atoms with Crippen LogP contribution in [-0.4, -0.2) is 43.9 Å². The molecule has 1 aliphatic rings. The highest BCUT2D eigenvalue weighted by Gasteiger charge is 2.21. The second-order valence-electron chi connectivity index (χ2n) is 5.51. The SMILES string of the molecule is COc1ccc(CN2CCCC(CO)C2)c(OC)c1C. The molecular formula is C16H25NO3. The Balaban J connectivity index is 2.14. The first-order valence-corrected chi connectivity index (χ1v) is 7.23. The molecule has 1 saturated heterocycles. The highest BCUT2D eigenvalue weighted by atomic mass is 16.5. The minimum Gasteiger partial charge on any atom is -0.496 e. The Bertz CT molecular complexity index is 448. The Kier molecular flexibility index (Phi) is 5.26. The van der Waals surface area contributed by atoms with E-state index in [1.54, 1.807) is 14.2 Å². The van der Waals surface area contributed by atoms with Crippen molar-refractivity contribution in [1.82, 2.24) is 4.90 Å². The molecule has 1 N–H and O–H groups in total. The van der Waals surface area contributed by atoms with E-state index in [1.165, 1.54) is 5.56 Å². The van der Waals surface area contributed by atoms with E-state index in [2.05, 4.69) is 11.0 Å². The maximum Gasteiger partial charge on any atom is 0.129 e. The summed E-state index contributed by atoms with van der Waals surface area (Å²) < 4.78 is 10.9. The zero-order chi connectivity index (χ0) is 14.5. The minimum absolute atomic E-state index is 0.287. The van der Waals surface area contributed by atoms with E-state index >= 15 is 0 Å². The predicted octanol–water partition coefficient (Wildman–Crippen LogP) is 2.22. The van der Waals surface area contributed by atoms with Crippen LogP contribution in [0.5, 0.6) is 11.5 Å². The Morgan fingerprint density at radius 2 is 2.10 bits per heavy atom. The minimum atomic E-state index is 0.287. The van der Waals surface area contributed by atoms with Crippen molar-refractivity contribution in [2.45, 2.75) is 26.3 Å². The Morgan fingerprint density at radius 3 is 2.75 bits per heavy atom. The summed E-state index contributed by atoms with van der Waals surface area (Å²) in [6, 6.07) is 4.08. The summed E-state index contributed by atoms with van der Waals surface area (Å²) in [6.45, 7) is 5.23. The van der Waals surface area contributed by atoms with Gasteiger partial charge in [-0.2, -0.15) is 0 Å². The fraction of sp³-hybridized carbons (Fsp3) is 0.625. The van der Waals surface area contributed by atoms with E-state index in [4.69, 9.17) is 9.47 Å². The first-order chi connectivity index (χ1) is 9.69. The highest BCUT2D eigenvalue weighted by Crippen LogP contribution is 2.32. The monoisotopic (exact) mass is 279 g/mol. The van der Waals surface area contributed by atoms with Gasteiger partial charge >= 0.3 is 0 Å². The Morgan fingerprint density at radius 1 is 1.30 bits per heavy atom. The number of ether oxygens (including phenoxy) is 2. The lowest BCUT2D eigenvalue weighted by Gasteiger charge is -2.32. The third kappa shape index (κ3) is 3.25. The molecule has 1 unspecified atom stereocenters. The average molecular weight is 279 g/mol. The number of hydrogen-bond acceptors (Lipinski definition) is 4. The first-order valence-electron chi connectivity index (χ1n) is 7.23. The van der Waals surface area contributed by atoms with Gasteiger partial charge in [0.05, 0.1) is 14.2 Å². The zero-order valence-electron chi connectivity index (χ0n) is 12.7. The van der Waals surface area contributed by atoms with E-state index in [0.29, 0.717) is 5.92 Å². The van der Waals surface area contributed by atoms with Crippen molar-refractivity contribution in [1.29, 1.82) is 0 Å². The topological polar surface area (TPSA) is 41.9 Å². The molecule has 0 aliphatic carbocycles. The molecule has 1 aromatic rings. The van der Waals surface area contributed by atoms with Crippen molar-refractivity contribution in [2.24, 2.45) is 5.92 Å². The normalized spacial score (nSPS) is 19.9. The molecule has 2 rings (SSSR count). The summed E-state index contributed by atoms with van der Waals surface area (Å²) in [7, 11) is 3.38. The van der Waals surface area contributed by atoms with Gasteiger partial charge < -0.3 is 14.6 Å². The maximum absolute atomic E-state index is 9.32. The molecule has 1 aliphatic heterocycles. The summed E-state index contributed by atoms with van der Waals surface area (Å²) in [4.78, 5) is 2.40. The smallest absolute Gasteiger partial charge is 0.129 e. The van der Waals surface area contributed by atoms with E-state index in [0.717, 1.165) is 49.5 Å². The molecule has 0 spiro atoms. The van der Waals surface area contributed by atoms with Crippen LogP contribution in [0.3, 0.4) is 0 Å². The molecular weight excluding hydrogens is 254 g/mol. The molecule has 0 aromatic heterocycles. The lowest BCUT2D eigenvalue weighted by Crippen LogP contribution is -2.36. The Hall–Kier alpha value is -1.26. The standard InChI is InChI=1S/C16H25NO3/c1-12-15(19-2)7-6-14(16(12)20-3)10-17-8-4-5-13(9-17)11-18/h6-7,13,18H,4-5,8-11H2,1-3H3. The van der Waals surface area contributed by atoms with Crippen LogP contribution in [0.15, 0.2) is 12.1 Å². The van der Waals surface area contributed by atoms with Crippen molar-refractivity contribution in [3.8, 4) is 11.5 Å². The number of hydrogen-bond donors (Lipinski definition) is 1. The molecule has 4 nitrogen and oxygen atoms in total. The van der Waals surface area contributed by atoms with E-state index in [1.807, 2.05) is 13.0 Å². The number of benzene rings is 1. The third-order valence-corrected chi connectivity index (χ3v) is 4.12. The summed E-state index contributed by atoms with van der Waals surface area (Å²) in [5.74, 6) is 2.18. The van der Waals surface area contributed by atoms with Crippen LogP contribution in [0.1, 0.15) is 24.0 Å². The van der Waals surface area contributed by atoms with Gasteiger partial charge in [0.15, 0.2) is 0 Å². The van der Waals surface area contributed by atoms with Gasteiger partial charge in [-0.3, -0.25) is 4.90 Å². The highest BCUT2D eigenvalue weighted by molar-refractivity contribution is 5.49. The van der Waals surface area contributed by atoms with Gasteiger partial charge in [-0.25, -0.2) is 0 Å². The van der Waals surface area contributed by atoms with Crippen LogP contribution in [-0.2, 0) is 6.54 Å². The van der Waals surface area contributed by atoms with Crippen molar-refractivity contribution in [3.63, 3.8) is 0 Å². The number of nitrogens with zero attached hydrogens (tertiary/aromatic N) is 1. The van der Waals surface area contributed by atoms with Gasteiger partial charge in [-0.15, -0.1) is 0 Å². The maximum atomic E-state index is 9.32. The van der Waals surface area contributed by atoms with Gasteiger partial charge in [-0.05, 0) is 38.3 Å². The lowest BCUT2D eigenvalue weighted by molar-refractivity contribution is 0.115. The fourth-order valence-corrected chi connectivity index (χ4v) is 3.04. The van der Waals surface area contributed by atoms with Crippen molar-refractivity contribution < 1.29 is 14.6 Å². The predicted molar refractivity (Wildman–Crippen MR) is 79.4 cm³/mol. The fourth-order valence-electron chi connectivity index (χ4n) is 3.04. The molecule has 1 fully saturated rings. The summed E-state index contributed by atoms with van der Waals surface area (Å²) >= 11 is 0. The van der Waals surface area contributed by atoms with Crippen molar-refractivity contribution >= 4 is 0 Å². The van der Waals surface area contributed by atoms with Crippen molar-refractivity contribution in [3.05, 3.63) is 23.3 Å². The van der Waals surface area contributed by atoms with Gasteiger partial charge in [0.2, 0.25) is 0 Å². The average Bonchev–Trinajstić information content (AvgIpc) is 2.48. The van der Waals surface area contributed by atoms with Gasteiger partial charge in [0, 0.05) is 30.8 Å². The molecule has 1 atom stereocenters. The van der Waals surface area contributed by atoms with Crippen LogP contribution < -0.4 is 9.47 Å². The molecule has 20 heavy (non-hydrogen) atoms. The quantitative estimate of drug-likeness (QED) is 0.897. The second-order valence-corrected chi connectivity index (χ2v) is 5.51. The van der Waals surface area contributed by atoms with Crippen molar-refractivity contribution in [2.75, 3.05) is 33.9 Å². The van der Waals surface area contributed by atoms with Crippen LogP contribution in [0, 0.1) is 12.8 Å². The third-order valence-electron chi connectivity index (χ3n) is 4.12. The lowest BCUT2D eigenvalue weighted by atomic mass is 9.98. The molecule has 112 valence electrons. The molecule has 4 heteroatoms. The number of aliphatic hydroxyl groups is 1. The van der Waals surface area contributed by atoms with E-state index in [-0.39, 0.29) is 6.61 Å². The molecule has 1 aromatic carbocycles. The van der Waals surface area contributed by atoms with Gasteiger partial charge in [0.1, 0.15) is 11.5 Å². The van der Waals surface area contributed by atoms with Gasteiger partial charge in [-0.1, -0.05) is 6.07 Å². The summed E-state index contributed by atoms with van der Waals surface area (Å²) in [6.07, 6.45) is 2.29. The molecule has 0 bridgehead atoms. The number of likely N-dealkylation sites (tertiary alicyclic amines) is 1. The molecule has 1 heterocycles.